The highest BCUT2D eigenvalue weighted by atomic mass is 32.2. The maximum atomic E-state index is 13.1. The first-order valence-electron chi connectivity index (χ1n) is 11.7. The van der Waals surface area contributed by atoms with Crippen LogP contribution < -0.4 is 14.8 Å². The van der Waals surface area contributed by atoms with Crippen molar-refractivity contribution in [2.75, 3.05) is 12.4 Å². The molecule has 2 aromatic rings. The monoisotopic (exact) mass is 493 g/mol. The van der Waals surface area contributed by atoms with Gasteiger partial charge in [-0.1, -0.05) is 44.4 Å². The van der Waals surface area contributed by atoms with Gasteiger partial charge in [0.1, 0.15) is 10.6 Å². The average molecular weight is 494 g/mol. The molecule has 1 heterocycles. The number of ether oxygens (including phenoxy) is 1. The fourth-order valence-electron chi connectivity index (χ4n) is 4.31. The van der Waals surface area contributed by atoms with Crippen LogP contribution in [0.2, 0.25) is 0 Å². The molecule has 0 unspecified atom stereocenters. The summed E-state index contributed by atoms with van der Waals surface area (Å²) in [5, 5.41) is 3.48. The number of hydrogen-bond acceptors (Lipinski definition) is 6. The van der Waals surface area contributed by atoms with Gasteiger partial charge in [0.05, 0.1) is 17.7 Å². The van der Waals surface area contributed by atoms with Gasteiger partial charge in [0.25, 0.3) is 0 Å². The van der Waals surface area contributed by atoms with Gasteiger partial charge in [0.2, 0.25) is 15.9 Å². The molecular formula is C24H35N3O4S2. The van der Waals surface area contributed by atoms with Gasteiger partial charge in [-0.3, -0.25) is 4.79 Å². The van der Waals surface area contributed by atoms with Gasteiger partial charge in [0.15, 0.2) is 5.13 Å². The fourth-order valence-corrected chi connectivity index (χ4v) is 6.88. The van der Waals surface area contributed by atoms with E-state index < -0.39 is 10.0 Å². The Labute approximate surface area is 201 Å². The third kappa shape index (κ3) is 6.55. The summed E-state index contributed by atoms with van der Waals surface area (Å²) in [5.41, 5.74) is 1.47. The number of hydrogen-bond donors (Lipinski definition) is 2. The quantitative estimate of drug-likeness (QED) is 0.455. The van der Waals surface area contributed by atoms with E-state index in [0.29, 0.717) is 36.1 Å². The van der Waals surface area contributed by atoms with E-state index in [0.717, 1.165) is 29.0 Å². The van der Waals surface area contributed by atoms with E-state index in [4.69, 9.17) is 4.74 Å². The molecule has 0 bridgehead atoms. The lowest BCUT2D eigenvalue weighted by molar-refractivity contribution is -0.117. The summed E-state index contributed by atoms with van der Waals surface area (Å²) in [4.78, 5) is 18.0. The first-order valence-corrected chi connectivity index (χ1v) is 14.0. The van der Waals surface area contributed by atoms with Crippen LogP contribution in [0.3, 0.4) is 0 Å². The largest absolute Gasteiger partial charge is 0.495 e. The van der Waals surface area contributed by atoms with Gasteiger partial charge >= 0.3 is 0 Å². The van der Waals surface area contributed by atoms with Crippen LogP contribution in [-0.4, -0.2) is 32.5 Å². The number of anilines is 1. The van der Waals surface area contributed by atoms with Crippen molar-refractivity contribution >= 4 is 32.4 Å². The SMILES string of the molecule is CCC(CC)NS(=O)(=O)c1cc(-c2sc(NC(=O)CC3CCCCC3)nc2C)ccc1OC. The van der Waals surface area contributed by atoms with Gasteiger partial charge in [-0.15, -0.1) is 0 Å². The molecular weight excluding hydrogens is 458 g/mol. The molecule has 1 amide bonds. The maximum absolute atomic E-state index is 13.1. The van der Waals surface area contributed by atoms with E-state index in [2.05, 4.69) is 15.0 Å². The number of amides is 1. The average Bonchev–Trinajstić information content (AvgIpc) is 3.17. The van der Waals surface area contributed by atoms with E-state index >= 15 is 0 Å². The number of benzene rings is 1. The van der Waals surface area contributed by atoms with Crippen LogP contribution >= 0.6 is 11.3 Å². The highest BCUT2D eigenvalue weighted by Crippen LogP contribution is 2.37. The first kappa shape index (κ1) is 25.6. The Morgan fingerprint density at radius 3 is 2.55 bits per heavy atom. The van der Waals surface area contributed by atoms with E-state index in [1.54, 1.807) is 12.1 Å². The summed E-state index contributed by atoms with van der Waals surface area (Å²) in [5.74, 6) is 0.742. The summed E-state index contributed by atoms with van der Waals surface area (Å²) >= 11 is 1.36. The molecule has 0 aliphatic heterocycles. The molecule has 0 atom stereocenters. The van der Waals surface area contributed by atoms with Gasteiger partial charge in [-0.05, 0) is 62.3 Å². The van der Waals surface area contributed by atoms with Gasteiger partial charge in [0, 0.05) is 12.5 Å². The minimum Gasteiger partial charge on any atom is -0.495 e. The minimum absolute atomic E-state index is 0.00503. The number of thiazole rings is 1. The number of carbonyl (C=O) groups excluding carboxylic acids is 1. The number of carbonyl (C=O) groups is 1. The number of methoxy groups -OCH3 is 1. The van der Waals surface area contributed by atoms with Crippen LogP contribution in [0.4, 0.5) is 5.13 Å². The summed E-state index contributed by atoms with van der Waals surface area (Å²) < 4.78 is 34.3. The lowest BCUT2D eigenvalue weighted by atomic mass is 9.87. The first-order chi connectivity index (χ1) is 15.8. The van der Waals surface area contributed by atoms with Gasteiger partial charge in [-0.25, -0.2) is 18.1 Å². The summed E-state index contributed by atoms with van der Waals surface area (Å²) in [6, 6.07) is 4.97. The second kappa shape index (κ2) is 11.4. The highest BCUT2D eigenvalue weighted by molar-refractivity contribution is 7.89. The van der Waals surface area contributed by atoms with Gasteiger partial charge in [-0.2, -0.15) is 0 Å². The van der Waals surface area contributed by atoms with Crippen molar-refractivity contribution in [1.29, 1.82) is 0 Å². The lowest BCUT2D eigenvalue weighted by Gasteiger charge is -2.20. The minimum atomic E-state index is -3.76. The summed E-state index contributed by atoms with van der Waals surface area (Å²) in [6.07, 6.45) is 7.83. The van der Waals surface area contributed by atoms with Gasteiger partial charge < -0.3 is 10.1 Å². The molecule has 1 fully saturated rings. The van der Waals surface area contributed by atoms with E-state index in [1.165, 1.54) is 37.7 Å². The smallest absolute Gasteiger partial charge is 0.244 e. The molecule has 9 heteroatoms. The Hall–Kier alpha value is -1.97. The van der Waals surface area contributed by atoms with Crippen molar-refractivity contribution in [3.05, 3.63) is 23.9 Å². The molecule has 2 N–H and O–H groups in total. The summed E-state index contributed by atoms with van der Waals surface area (Å²) in [7, 11) is -2.30. The molecule has 0 saturated heterocycles. The Morgan fingerprint density at radius 2 is 1.91 bits per heavy atom. The molecule has 1 saturated carbocycles. The molecule has 1 aliphatic carbocycles. The molecule has 1 aromatic heterocycles. The molecule has 0 radical (unpaired) electrons. The maximum Gasteiger partial charge on any atom is 0.244 e. The Balaban J connectivity index is 1.82. The lowest BCUT2D eigenvalue weighted by Crippen LogP contribution is -2.34. The zero-order chi connectivity index (χ0) is 24.0. The Kier molecular flexibility index (Phi) is 8.89. The van der Waals surface area contributed by atoms with E-state index in [-0.39, 0.29) is 16.8 Å². The molecule has 1 aliphatic rings. The fraction of sp³-hybridized carbons (Fsp3) is 0.583. The topological polar surface area (TPSA) is 97.4 Å². The molecule has 3 rings (SSSR count). The Bertz CT molecular complexity index is 1060. The van der Waals surface area contributed by atoms with Crippen LogP contribution in [0.1, 0.15) is 70.9 Å². The standard InChI is InChI=1S/C24H35N3O4S2/c1-5-19(6-2)27-33(29,30)21-15-18(12-13-20(21)31-4)23-16(3)25-24(32-23)26-22(28)14-17-10-8-7-9-11-17/h12-13,15,17,19,27H,5-11,14H2,1-4H3,(H,25,26,28). The van der Waals surface area contributed by atoms with E-state index in [1.807, 2.05) is 26.8 Å². The zero-order valence-corrected chi connectivity index (χ0v) is 21.6. The second-order valence-electron chi connectivity index (χ2n) is 8.69. The normalized spacial score (nSPS) is 15.1. The van der Waals surface area contributed by atoms with Crippen molar-refractivity contribution in [3.8, 4) is 16.2 Å². The number of nitrogens with zero attached hydrogens (tertiary/aromatic N) is 1. The third-order valence-electron chi connectivity index (χ3n) is 6.26. The number of aryl methyl sites for hydroxylation is 1. The molecule has 182 valence electrons. The van der Waals surface area contributed by atoms with Crippen molar-refractivity contribution < 1.29 is 17.9 Å². The highest BCUT2D eigenvalue weighted by Gasteiger charge is 2.24. The molecule has 7 nitrogen and oxygen atoms in total. The predicted molar refractivity (Wildman–Crippen MR) is 133 cm³/mol. The van der Waals surface area contributed by atoms with Crippen LogP contribution in [0.15, 0.2) is 23.1 Å². The number of sulfonamides is 1. The van der Waals surface area contributed by atoms with Crippen molar-refractivity contribution in [2.24, 2.45) is 5.92 Å². The molecule has 33 heavy (non-hydrogen) atoms. The van der Waals surface area contributed by atoms with Crippen molar-refractivity contribution in [2.45, 2.75) is 83.1 Å². The van der Waals surface area contributed by atoms with Crippen molar-refractivity contribution in [3.63, 3.8) is 0 Å². The Morgan fingerprint density at radius 1 is 1.21 bits per heavy atom. The van der Waals surface area contributed by atoms with Crippen LogP contribution in [-0.2, 0) is 14.8 Å². The number of rotatable bonds is 10. The van der Waals surface area contributed by atoms with Crippen LogP contribution in [0.5, 0.6) is 5.75 Å². The predicted octanol–water partition coefficient (Wildman–Crippen LogP) is 5.50. The summed E-state index contributed by atoms with van der Waals surface area (Å²) in [6.45, 7) is 5.77. The number of aromatic nitrogens is 1. The third-order valence-corrected chi connectivity index (χ3v) is 8.93. The number of nitrogens with one attached hydrogen (secondary N) is 2. The van der Waals surface area contributed by atoms with E-state index in [9.17, 15) is 13.2 Å². The second-order valence-corrected chi connectivity index (χ2v) is 11.4. The van der Waals surface area contributed by atoms with Crippen LogP contribution in [0, 0.1) is 12.8 Å². The van der Waals surface area contributed by atoms with Crippen molar-refractivity contribution in [1.82, 2.24) is 9.71 Å². The van der Waals surface area contributed by atoms with Crippen LogP contribution in [0.25, 0.3) is 10.4 Å². The molecule has 0 spiro atoms. The zero-order valence-electron chi connectivity index (χ0n) is 19.9. The molecule has 1 aromatic carbocycles.